The van der Waals surface area contributed by atoms with Gasteiger partial charge in [0, 0.05) is 18.8 Å². The van der Waals surface area contributed by atoms with E-state index in [4.69, 9.17) is 10.5 Å². The molecule has 1 unspecified atom stereocenters. The van der Waals surface area contributed by atoms with Crippen LogP contribution in [-0.4, -0.2) is 4.98 Å². The summed E-state index contributed by atoms with van der Waals surface area (Å²) in [6.07, 6.45) is 3.67. The van der Waals surface area contributed by atoms with Gasteiger partial charge in [-0.15, -0.1) is 0 Å². The first-order chi connectivity index (χ1) is 6.27. The molecule has 1 aromatic rings. The Morgan fingerprint density at radius 1 is 1.43 bits per heavy atom. The lowest BCUT2D eigenvalue weighted by molar-refractivity contribution is 0.783. The molecule has 14 heavy (non-hydrogen) atoms. The van der Waals surface area contributed by atoms with Crippen molar-refractivity contribution in [1.82, 2.24) is 4.98 Å². The number of rotatable bonds is 2. The van der Waals surface area contributed by atoms with Crippen LogP contribution in [0.2, 0.25) is 0 Å². The standard InChI is InChI=1S/C10H9N3.CH4/c1-8(2-3-11)10-4-9(5-12)6-13-7-10;/h4,6-8H,2H2,1H3;1H4. The third-order valence-electron chi connectivity index (χ3n) is 1.86. The van der Waals surface area contributed by atoms with Gasteiger partial charge in [-0.05, 0) is 17.5 Å². The molecule has 3 heteroatoms. The Balaban J connectivity index is 0.00000169. The molecule has 0 fully saturated rings. The predicted octanol–water partition coefficient (Wildman–Crippen LogP) is 2.61. The summed E-state index contributed by atoms with van der Waals surface area (Å²) in [5, 5.41) is 17.1. The van der Waals surface area contributed by atoms with E-state index in [0.29, 0.717) is 12.0 Å². The maximum Gasteiger partial charge on any atom is 0.101 e. The van der Waals surface area contributed by atoms with Gasteiger partial charge in [0.2, 0.25) is 0 Å². The molecule has 0 saturated heterocycles. The fraction of sp³-hybridized carbons (Fsp3) is 0.364. The zero-order valence-corrected chi connectivity index (χ0v) is 7.36. The fourth-order valence-corrected chi connectivity index (χ4v) is 1.04. The molecular formula is C11H13N3. The van der Waals surface area contributed by atoms with Gasteiger partial charge in [0.1, 0.15) is 6.07 Å². The summed E-state index contributed by atoms with van der Waals surface area (Å²) in [5.74, 6) is 0.144. The lowest BCUT2D eigenvalue weighted by atomic mass is 9.99. The molecule has 0 aliphatic heterocycles. The van der Waals surface area contributed by atoms with Gasteiger partial charge >= 0.3 is 0 Å². The Labute approximate surface area is 84.6 Å². The van der Waals surface area contributed by atoms with Crippen LogP contribution in [0.4, 0.5) is 0 Å². The molecular weight excluding hydrogens is 174 g/mol. The van der Waals surface area contributed by atoms with E-state index in [1.807, 2.05) is 13.0 Å². The van der Waals surface area contributed by atoms with Crippen LogP contribution in [0.5, 0.6) is 0 Å². The number of nitrogens with zero attached hydrogens (tertiary/aromatic N) is 3. The third-order valence-corrected chi connectivity index (χ3v) is 1.86. The summed E-state index contributed by atoms with van der Waals surface area (Å²) in [6, 6.07) is 5.88. The van der Waals surface area contributed by atoms with E-state index in [1.165, 1.54) is 6.20 Å². The summed E-state index contributed by atoms with van der Waals surface area (Å²) >= 11 is 0. The Morgan fingerprint density at radius 3 is 2.71 bits per heavy atom. The molecule has 0 radical (unpaired) electrons. The van der Waals surface area contributed by atoms with Crippen molar-refractivity contribution in [2.75, 3.05) is 0 Å². The minimum Gasteiger partial charge on any atom is -0.263 e. The summed E-state index contributed by atoms with van der Waals surface area (Å²) in [5.41, 5.74) is 1.49. The van der Waals surface area contributed by atoms with Crippen LogP contribution in [-0.2, 0) is 0 Å². The van der Waals surface area contributed by atoms with Crippen LogP contribution in [0.25, 0.3) is 0 Å². The summed E-state index contributed by atoms with van der Waals surface area (Å²) in [4.78, 5) is 3.93. The van der Waals surface area contributed by atoms with E-state index in [1.54, 1.807) is 12.3 Å². The van der Waals surface area contributed by atoms with E-state index < -0.39 is 0 Å². The van der Waals surface area contributed by atoms with Gasteiger partial charge in [-0.2, -0.15) is 10.5 Å². The molecule has 0 bridgehead atoms. The van der Waals surface area contributed by atoms with E-state index in [2.05, 4.69) is 11.1 Å². The Morgan fingerprint density at radius 2 is 2.14 bits per heavy atom. The molecule has 0 aromatic carbocycles. The van der Waals surface area contributed by atoms with Crippen molar-refractivity contribution in [1.29, 1.82) is 10.5 Å². The lowest BCUT2D eigenvalue weighted by Crippen LogP contribution is -1.93. The van der Waals surface area contributed by atoms with E-state index in [-0.39, 0.29) is 13.3 Å². The van der Waals surface area contributed by atoms with Crippen molar-refractivity contribution in [3.8, 4) is 12.1 Å². The van der Waals surface area contributed by atoms with Gasteiger partial charge in [0.25, 0.3) is 0 Å². The Kier molecular flexibility index (Phi) is 4.96. The number of hydrogen-bond donors (Lipinski definition) is 0. The minimum atomic E-state index is 0. The average molecular weight is 187 g/mol. The second-order valence-electron chi connectivity index (χ2n) is 2.88. The van der Waals surface area contributed by atoms with Crippen LogP contribution >= 0.6 is 0 Å². The molecule has 0 amide bonds. The molecule has 0 spiro atoms. The van der Waals surface area contributed by atoms with Gasteiger partial charge in [-0.1, -0.05) is 14.4 Å². The second-order valence-corrected chi connectivity index (χ2v) is 2.88. The van der Waals surface area contributed by atoms with Gasteiger partial charge < -0.3 is 0 Å². The van der Waals surface area contributed by atoms with Crippen molar-refractivity contribution in [2.45, 2.75) is 26.7 Å². The first kappa shape index (κ1) is 12.1. The highest BCUT2D eigenvalue weighted by Gasteiger charge is 2.05. The number of pyridine rings is 1. The molecule has 1 rings (SSSR count). The molecule has 0 saturated carbocycles. The molecule has 0 N–H and O–H groups in total. The smallest absolute Gasteiger partial charge is 0.101 e. The number of hydrogen-bond acceptors (Lipinski definition) is 3. The SMILES string of the molecule is C.CC(CC#N)c1cncc(C#N)c1. The molecule has 1 heterocycles. The first-order valence-electron chi connectivity index (χ1n) is 4.00. The van der Waals surface area contributed by atoms with Crippen LogP contribution in [0.3, 0.4) is 0 Å². The van der Waals surface area contributed by atoms with E-state index in [0.717, 1.165) is 5.56 Å². The third kappa shape index (κ3) is 2.88. The van der Waals surface area contributed by atoms with Gasteiger partial charge in [-0.3, -0.25) is 4.98 Å². The maximum atomic E-state index is 8.62. The highest BCUT2D eigenvalue weighted by Crippen LogP contribution is 2.17. The van der Waals surface area contributed by atoms with Crippen molar-refractivity contribution < 1.29 is 0 Å². The summed E-state index contributed by atoms with van der Waals surface area (Å²) in [7, 11) is 0. The first-order valence-corrected chi connectivity index (χ1v) is 4.00. The Bertz CT molecular complexity index is 371. The summed E-state index contributed by atoms with van der Waals surface area (Å²) < 4.78 is 0. The number of aromatic nitrogens is 1. The van der Waals surface area contributed by atoms with Crippen molar-refractivity contribution >= 4 is 0 Å². The molecule has 0 aliphatic rings. The maximum absolute atomic E-state index is 8.62. The lowest BCUT2D eigenvalue weighted by Gasteiger charge is -2.05. The summed E-state index contributed by atoms with van der Waals surface area (Å²) in [6.45, 7) is 1.95. The zero-order valence-electron chi connectivity index (χ0n) is 7.36. The average Bonchev–Trinajstić information content (AvgIpc) is 2.18. The van der Waals surface area contributed by atoms with Crippen LogP contribution in [0.15, 0.2) is 18.5 Å². The second kappa shape index (κ2) is 5.72. The molecule has 3 nitrogen and oxygen atoms in total. The van der Waals surface area contributed by atoms with E-state index in [9.17, 15) is 0 Å². The van der Waals surface area contributed by atoms with E-state index >= 15 is 0 Å². The van der Waals surface area contributed by atoms with Crippen molar-refractivity contribution in [2.24, 2.45) is 0 Å². The van der Waals surface area contributed by atoms with Crippen LogP contribution in [0.1, 0.15) is 37.8 Å². The Hall–Kier alpha value is -1.87. The predicted molar refractivity (Wildman–Crippen MR) is 54.3 cm³/mol. The monoisotopic (exact) mass is 187 g/mol. The zero-order chi connectivity index (χ0) is 9.68. The molecule has 1 atom stereocenters. The van der Waals surface area contributed by atoms with Crippen LogP contribution in [0, 0.1) is 22.7 Å². The van der Waals surface area contributed by atoms with Gasteiger partial charge in [0.15, 0.2) is 0 Å². The highest BCUT2D eigenvalue weighted by molar-refractivity contribution is 5.30. The van der Waals surface area contributed by atoms with Crippen LogP contribution < -0.4 is 0 Å². The number of nitriles is 2. The quantitative estimate of drug-likeness (QED) is 0.715. The topological polar surface area (TPSA) is 60.5 Å². The highest BCUT2D eigenvalue weighted by atomic mass is 14.6. The molecule has 0 aliphatic carbocycles. The fourth-order valence-electron chi connectivity index (χ4n) is 1.04. The normalized spacial score (nSPS) is 10.5. The molecule has 1 aromatic heterocycles. The van der Waals surface area contributed by atoms with Gasteiger partial charge in [0.05, 0.1) is 11.6 Å². The molecule has 72 valence electrons. The van der Waals surface area contributed by atoms with Crippen molar-refractivity contribution in [3.63, 3.8) is 0 Å². The van der Waals surface area contributed by atoms with Crippen molar-refractivity contribution in [3.05, 3.63) is 29.6 Å². The van der Waals surface area contributed by atoms with Gasteiger partial charge in [-0.25, -0.2) is 0 Å². The largest absolute Gasteiger partial charge is 0.263 e. The minimum absolute atomic E-state index is 0.